The second kappa shape index (κ2) is 37.2. The number of hydrogen-bond donors (Lipinski definition) is 0. The lowest BCUT2D eigenvalue weighted by Crippen LogP contribution is -1.97. The van der Waals surface area contributed by atoms with Gasteiger partial charge in [0.1, 0.15) is 0 Å². The summed E-state index contributed by atoms with van der Waals surface area (Å²) in [5.41, 5.74) is 37.4. The molecule has 150 heavy (non-hydrogen) atoms. The molecule has 0 aliphatic carbocycles. The van der Waals surface area contributed by atoms with Gasteiger partial charge < -0.3 is 27.4 Å². The Bertz CT molecular complexity index is 9270. The molecule has 30 aromatic rings. The molecule has 0 N–H and O–H groups in total. The van der Waals surface area contributed by atoms with Crippen LogP contribution in [0.1, 0.15) is 0 Å². The molecule has 11 nitrogen and oxygen atoms in total. The first-order chi connectivity index (χ1) is 74.4. The van der Waals surface area contributed by atoms with Crippen LogP contribution in [-0.4, -0.2) is 52.3 Å². The Kier molecular flexibility index (Phi) is 21.7. The van der Waals surface area contributed by atoms with Crippen LogP contribution in [0.25, 0.3) is 266 Å². The summed E-state index contributed by atoms with van der Waals surface area (Å²) in [5.74, 6) is 1.42. The van der Waals surface area contributed by atoms with Gasteiger partial charge in [-0.3, -0.25) is 0 Å². The Morgan fingerprint density at radius 1 is 0.100 bits per heavy atom. The zero-order valence-corrected chi connectivity index (χ0v) is 81.5. The molecular formula is C139H91N11. The van der Waals surface area contributed by atoms with Gasteiger partial charge in [0.2, 0.25) is 0 Å². The maximum absolute atomic E-state index is 5.09. The van der Waals surface area contributed by atoms with E-state index in [1.807, 2.05) is 84.9 Å². The molecule has 9 aromatic heterocycles. The molecular weight excluding hydrogens is 1820 g/mol. The van der Waals surface area contributed by atoms with Crippen LogP contribution < -0.4 is 0 Å². The van der Waals surface area contributed by atoms with Gasteiger partial charge in [0.25, 0.3) is 0 Å². The summed E-state index contributed by atoms with van der Waals surface area (Å²) in [4.78, 5) is 25.2. The van der Waals surface area contributed by atoms with Crippen LogP contribution in [-0.2, 0) is 0 Å². The predicted molar refractivity (Wildman–Crippen MR) is 623 cm³/mol. The highest BCUT2D eigenvalue weighted by Gasteiger charge is 2.26. The zero-order valence-electron chi connectivity index (χ0n) is 81.5. The van der Waals surface area contributed by atoms with Crippen molar-refractivity contribution in [3.8, 4) is 136 Å². The van der Waals surface area contributed by atoms with Crippen LogP contribution in [0.15, 0.2) is 552 Å². The van der Waals surface area contributed by atoms with E-state index in [1.54, 1.807) is 0 Å². The van der Waals surface area contributed by atoms with E-state index in [0.717, 1.165) is 118 Å². The van der Waals surface area contributed by atoms with Crippen molar-refractivity contribution in [1.29, 1.82) is 0 Å². The van der Waals surface area contributed by atoms with Crippen molar-refractivity contribution < 1.29 is 0 Å². The molecule has 0 aliphatic rings. The summed E-state index contributed by atoms with van der Waals surface area (Å²) in [6.07, 6.45) is 0. The Morgan fingerprint density at radius 3 is 0.500 bits per heavy atom. The van der Waals surface area contributed by atoms with Crippen LogP contribution in [0.2, 0.25) is 0 Å². The lowest BCUT2D eigenvalue weighted by molar-refractivity contribution is 1.16. The summed E-state index contributed by atoms with van der Waals surface area (Å²) >= 11 is 0. The van der Waals surface area contributed by atoms with Crippen molar-refractivity contribution in [3.05, 3.63) is 552 Å². The third kappa shape index (κ3) is 15.5. The lowest BCUT2D eigenvalue weighted by atomic mass is 10.00. The van der Waals surface area contributed by atoms with E-state index in [4.69, 9.17) is 24.9 Å². The van der Waals surface area contributed by atoms with Gasteiger partial charge in [-0.05, 0) is 193 Å². The Balaban J connectivity index is 0.000000108. The average Bonchev–Trinajstić information content (AvgIpc) is 1.56. The number of fused-ring (bicyclic) bond motifs is 18. The summed E-state index contributed by atoms with van der Waals surface area (Å²) in [6, 6.07) is 196. The standard InChI is InChI=1S/C47H31N3.2C46H30N4/c1-4-14-33(15-5-1)42-28-35(29-43(48-42)34-16-6-2-7-17-34)32-24-26-37(27-25-32)50-45-23-13-11-21-39(45)41-30-46-40(31-47(41)50)38-20-10-12-22-44(38)49(46)36-18-8-3-9-19-36;1-4-14-31(15-5-1)40-30-41(48-46(47-40)33-16-6-2-7-17-33)32-24-26-35(27-25-32)50-43-23-13-11-21-37(43)39-28-44-38(29-45(39)50)36-20-10-12-22-42(36)49(44)34-18-8-3-9-19-34;1-4-14-31(15-5-1)40-30-41(32-16-6-2-7-17-32)48-46(47-40)33-24-26-35(27-25-33)50-43-23-13-11-21-37(43)39-28-44-38(29-45(39)50)36-20-10-12-22-42(36)49(44)34-18-8-3-9-19-34/h1-31H;2*1-30H. The number of para-hydroxylation sites is 9. The number of hydrogen-bond acceptors (Lipinski definition) is 5. The minimum Gasteiger partial charge on any atom is -0.309 e. The second-order valence-corrected chi connectivity index (χ2v) is 38.2. The normalized spacial score (nSPS) is 11.6. The van der Waals surface area contributed by atoms with Gasteiger partial charge in [-0.2, -0.15) is 0 Å². The summed E-state index contributed by atoms with van der Waals surface area (Å²) in [7, 11) is 0. The quantitative estimate of drug-likeness (QED) is 0.102. The van der Waals surface area contributed by atoms with Crippen molar-refractivity contribution in [2.24, 2.45) is 0 Å². The first kappa shape index (κ1) is 87.5. The van der Waals surface area contributed by atoms with Crippen LogP contribution in [0, 0.1) is 0 Å². The lowest BCUT2D eigenvalue weighted by Gasteiger charge is -2.12. The molecule has 0 amide bonds. The smallest absolute Gasteiger partial charge is 0.160 e. The van der Waals surface area contributed by atoms with Crippen molar-refractivity contribution in [2.45, 2.75) is 0 Å². The van der Waals surface area contributed by atoms with Gasteiger partial charge in [0, 0.05) is 143 Å². The number of pyridine rings is 1. The Hall–Kier alpha value is -20.3. The fraction of sp³-hybridized carbons (Fsp3) is 0. The van der Waals surface area contributed by atoms with E-state index < -0.39 is 0 Å². The molecule has 11 heteroatoms. The molecule has 30 rings (SSSR count). The molecule has 0 radical (unpaired) electrons. The zero-order chi connectivity index (χ0) is 99.1. The Labute approximate surface area is 864 Å². The number of benzene rings is 21. The van der Waals surface area contributed by atoms with E-state index >= 15 is 0 Å². The molecule has 0 atom stereocenters. The highest BCUT2D eigenvalue weighted by atomic mass is 15.0. The molecule has 0 aliphatic heterocycles. The predicted octanol–water partition coefficient (Wildman–Crippen LogP) is 35.6. The minimum atomic E-state index is 0.703. The fourth-order valence-corrected chi connectivity index (χ4v) is 22.4. The van der Waals surface area contributed by atoms with Crippen LogP contribution >= 0.6 is 0 Å². The molecule has 0 bridgehead atoms. The second-order valence-electron chi connectivity index (χ2n) is 38.2. The maximum atomic E-state index is 5.09. The van der Waals surface area contributed by atoms with E-state index in [-0.39, 0.29) is 0 Å². The molecule has 0 saturated carbocycles. The number of nitrogens with zero attached hydrogens (tertiary/aromatic N) is 11. The van der Waals surface area contributed by atoms with Crippen molar-refractivity contribution in [1.82, 2.24) is 52.3 Å². The molecule has 0 saturated heterocycles. The van der Waals surface area contributed by atoms with E-state index in [2.05, 4.69) is 495 Å². The molecule has 21 aromatic carbocycles. The molecule has 0 spiro atoms. The summed E-state index contributed by atoms with van der Waals surface area (Å²) in [6.45, 7) is 0. The monoisotopic (exact) mass is 1910 g/mol. The van der Waals surface area contributed by atoms with Crippen LogP contribution in [0.5, 0.6) is 0 Å². The molecule has 0 fully saturated rings. The van der Waals surface area contributed by atoms with Crippen LogP contribution in [0.3, 0.4) is 0 Å². The molecule has 702 valence electrons. The van der Waals surface area contributed by atoms with Gasteiger partial charge in [0.15, 0.2) is 11.6 Å². The SMILES string of the molecule is c1ccc(-c2cc(-c3ccc(-n4c5ccccc5c5cc6c(cc54)c4ccccc4n6-c4ccccc4)cc3)cc(-c3ccccc3)n2)cc1.c1ccc(-c2cc(-c3ccc(-n4c5ccccc5c5cc6c(cc54)c4ccccc4n6-c4ccccc4)cc3)nc(-c3ccccc3)n2)cc1.c1ccc(-c2cc(-c3ccccc3)nc(-c3ccc(-n4c5ccccc5c5cc6c(cc54)c4ccccc4n6-c4ccccc4)cc3)n2)cc1. The van der Waals surface area contributed by atoms with Crippen molar-refractivity contribution in [3.63, 3.8) is 0 Å². The van der Waals surface area contributed by atoms with Gasteiger partial charge in [0.05, 0.1) is 100 Å². The van der Waals surface area contributed by atoms with Gasteiger partial charge >= 0.3 is 0 Å². The molecule has 0 unspecified atom stereocenters. The minimum absolute atomic E-state index is 0.703. The third-order valence-electron chi connectivity index (χ3n) is 29.4. The van der Waals surface area contributed by atoms with Gasteiger partial charge in [-0.25, -0.2) is 24.9 Å². The van der Waals surface area contributed by atoms with E-state index in [1.165, 1.54) is 137 Å². The van der Waals surface area contributed by atoms with E-state index in [9.17, 15) is 0 Å². The first-order valence-corrected chi connectivity index (χ1v) is 50.9. The number of rotatable bonds is 15. The first-order valence-electron chi connectivity index (χ1n) is 50.9. The van der Waals surface area contributed by atoms with Gasteiger partial charge in [-0.15, -0.1) is 0 Å². The maximum Gasteiger partial charge on any atom is 0.160 e. The number of aromatic nitrogens is 11. The average molecular weight is 1920 g/mol. The topological polar surface area (TPSA) is 94.0 Å². The fourth-order valence-electron chi connectivity index (χ4n) is 22.4. The van der Waals surface area contributed by atoms with E-state index in [0.29, 0.717) is 11.6 Å². The highest BCUT2D eigenvalue weighted by molar-refractivity contribution is 6.23. The van der Waals surface area contributed by atoms with Gasteiger partial charge in [-0.1, -0.05) is 370 Å². The van der Waals surface area contributed by atoms with Crippen LogP contribution in [0.4, 0.5) is 0 Å². The third-order valence-corrected chi connectivity index (χ3v) is 29.4. The summed E-state index contributed by atoms with van der Waals surface area (Å²) in [5, 5.41) is 14.8. The highest BCUT2D eigenvalue weighted by Crippen LogP contribution is 2.47. The Morgan fingerprint density at radius 2 is 0.267 bits per heavy atom. The van der Waals surface area contributed by atoms with Crippen molar-refractivity contribution in [2.75, 3.05) is 0 Å². The molecule has 9 heterocycles. The summed E-state index contributed by atoms with van der Waals surface area (Å²) < 4.78 is 14.4. The van der Waals surface area contributed by atoms with Crippen molar-refractivity contribution >= 4 is 131 Å². The largest absolute Gasteiger partial charge is 0.309 e.